The third kappa shape index (κ3) is 4.12. The van der Waals surface area contributed by atoms with E-state index in [1.54, 1.807) is 13.0 Å². The average molecular weight is 295 g/mol. The van der Waals surface area contributed by atoms with Crippen LogP contribution in [0.4, 0.5) is 0 Å². The highest BCUT2D eigenvalue weighted by molar-refractivity contribution is 6.00. The zero-order valence-corrected chi connectivity index (χ0v) is 12.5. The summed E-state index contributed by atoms with van der Waals surface area (Å²) in [7, 11) is 0. The van der Waals surface area contributed by atoms with E-state index in [1.807, 2.05) is 37.3 Å². The van der Waals surface area contributed by atoms with E-state index in [0.29, 0.717) is 11.3 Å². The van der Waals surface area contributed by atoms with Crippen molar-refractivity contribution < 1.29 is 14.7 Å². The second kappa shape index (κ2) is 6.80. The van der Waals surface area contributed by atoms with Crippen LogP contribution in [-0.4, -0.2) is 21.8 Å². The van der Waals surface area contributed by atoms with Crippen LogP contribution < -0.4 is 0 Å². The van der Waals surface area contributed by atoms with Crippen LogP contribution >= 0.6 is 0 Å². The van der Waals surface area contributed by atoms with Crippen molar-refractivity contribution in [3.8, 4) is 0 Å². The van der Waals surface area contributed by atoms with Gasteiger partial charge in [-0.05, 0) is 43.2 Å². The average Bonchev–Trinajstić information content (AvgIpc) is 2.50. The molecule has 0 aliphatic heterocycles. The summed E-state index contributed by atoms with van der Waals surface area (Å²) in [6, 6.07) is 10.9. The number of carboxylic acids is 1. The minimum Gasteiger partial charge on any atom is -0.478 e. The first-order chi connectivity index (χ1) is 10.5. The molecule has 1 aromatic heterocycles. The van der Waals surface area contributed by atoms with Gasteiger partial charge in [-0.1, -0.05) is 29.8 Å². The van der Waals surface area contributed by atoms with Gasteiger partial charge in [-0.15, -0.1) is 0 Å². The molecule has 22 heavy (non-hydrogen) atoms. The maximum absolute atomic E-state index is 12.2. The smallest absolute Gasteiger partial charge is 0.337 e. The van der Waals surface area contributed by atoms with Gasteiger partial charge in [-0.2, -0.15) is 0 Å². The Hall–Kier alpha value is -2.75. The Bertz CT molecular complexity index is 713. The highest BCUT2D eigenvalue weighted by Crippen LogP contribution is 2.11. The molecule has 2 rings (SSSR count). The minimum absolute atomic E-state index is 0.0313. The molecule has 1 aromatic carbocycles. The van der Waals surface area contributed by atoms with E-state index >= 15 is 0 Å². The fourth-order valence-electron chi connectivity index (χ4n) is 1.95. The number of carboxylic acid groups (broad SMARTS) is 1. The molecule has 0 radical (unpaired) electrons. The number of nitrogens with zero attached hydrogens (tertiary/aromatic N) is 1. The normalized spacial score (nSPS) is 11.3. The second-order valence-electron chi connectivity index (χ2n) is 5.18. The van der Waals surface area contributed by atoms with E-state index in [1.165, 1.54) is 17.8 Å². The summed E-state index contributed by atoms with van der Waals surface area (Å²) in [6.07, 6.45) is 3.27. The molecule has 0 bridgehead atoms. The SMILES string of the molecule is C/C(=C\c1ccc(C)cc1)C(=O)Cc1ccc(C(=O)O)cn1. The van der Waals surface area contributed by atoms with Crippen LogP contribution in [0.5, 0.6) is 0 Å². The molecule has 0 saturated heterocycles. The Morgan fingerprint density at radius 2 is 1.82 bits per heavy atom. The number of aromatic nitrogens is 1. The number of Topliss-reactive ketones (excluding diaryl/α,β-unsaturated/α-hetero) is 1. The maximum Gasteiger partial charge on any atom is 0.337 e. The summed E-state index contributed by atoms with van der Waals surface area (Å²) in [5.74, 6) is -1.06. The van der Waals surface area contributed by atoms with Crippen LogP contribution in [-0.2, 0) is 11.2 Å². The molecule has 0 unspecified atom stereocenters. The second-order valence-corrected chi connectivity index (χ2v) is 5.18. The molecule has 0 aliphatic rings. The summed E-state index contributed by atoms with van der Waals surface area (Å²) in [4.78, 5) is 26.9. The van der Waals surface area contributed by atoms with Gasteiger partial charge >= 0.3 is 5.97 Å². The van der Waals surface area contributed by atoms with Crippen molar-refractivity contribution in [1.29, 1.82) is 0 Å². The van der Waals surface area contributed by atoms with Crippen LogP contribution in [0.2, 0.25) is 0 Å². The Morgan fingerprint density at radius 1 is 1.14 bits per heavy atom. The number of aryl methyl sites for hydroxylation is 1. The van der Waals surface area contributed by atoms with Crippen LogP contribution in [0.15, 0.2) is 48.2 Å². The van der Waals surface area contributed by atoms with Crippen LogP contribution in [0.1, 0.15) is 34.1 Å². The maximum atomic E-state index is 12.2. The van der Waals surface area contributed by atoms with E-state index in [4.69, 9.17) is 5.11 Å². The van der Waals surface area contributed by atoms with Crippen molar-refractivity contribution in [2.75, 3.05) is 0 Å². The zero-order chi connectivity index (χ0) is 16.1. The number of carbonyl (C=O) groups excluding carboxylic acids is 1. The van der Waals surface area contributed by atoms with E-state index < -0.39 is 5.97 Å². The zero-order valence-electron chi connectivity index (χ0n) is 12.5. The van der Waals surface area contributed by atoms with Crippen LogP contribution in [0.25, 0.3) is 6.08 Å². The fraction of sp³-hybridized carbons (Fsp3) is 0.167. The van der Waals surface area contributed by atoms with Gasteiger partial charge in [0.2, 0.25) is 0 Å². The lowest BCUT2D eigenvalue weighted by Gasteiger charge is -2.03. The molecule has 0 spiro atoms. The molecular weight excluding hydrogens is 278 g/mol. The van der Waals surface area contributed by atoms with Gasteiger partial charge in [0.25, 0.3) is 0 Å². The monoisotopic (exact) mass is 295 g/mol. The topological polar surface area (TPSA) is 67.3 Å². The van der Waals surface area contributed by atoms with Gasteiger partial charge < -0.3 is 5.11 Å². The van der Waals surface area contributed by atoms with Gasteiger partial charge in [0.05, 0.1) is 12.0 Å². The molecule has 1 N–H and O–H groups in total. The molecule has 4 nitrogen and oxygen atoms in total. The fourth-order valence-corrected chi connectivity index (χ4v) is 1.95. The Kier molecular flexibility index (Phi) is 4.84. The molecule has 0 fully saturated rings. The van der Waals surface area contributed by atoms with Gasteiger partial charge in [-0.25, -0.2) is 4.79 Å². The first kappa shape index (κ1) is 15.6. The standard InChI is InChI=1S/C18H17NO3/c1-12-3-5-14(6-4-12)9-13(2)17(20)10-16-8-7-15(11-19-16)18(21)22/h3-9,11H,10H2,1-2H3,(H,21,22)/b13-9+. The molecular formula is C18H17NO3. The summed E-state index contributed by atoms with van der Waals surface area (Å²) in [5.41, 5.74) is 3.47. The van der Waals surface area contributed by atoms with E-state index in [2.05, 4.69) is 4.98 Å². The largest absolute Gasteiger partial charge is 0.478 e. The summed E-state index contributed by atoms with van der Waals surface area (Å²) >= 11 is 0. The highest BCUT2D eigenvalue weighted by Gasteiger charge is 2.09. The van der Waals surface area contributed by atoms with Crippen LogP contribution in [0, 0.1) is 6.92 Å². The number of pyridine rings is 1. The number of rotatable bonds is 5. The number of allylic oxidation sites excluding steroid dienone is 1. The molecule has 0 amide bonds. The summed E-state index contributed by atoms with van der Waals surface area (Å²) in [5, 5.41) is 8.81. The summed E-state index contributed by atoms with van der Waals surface area (Å²) < 4.78 is 0. The molecule has 1 heterocycles. The van der Waals surface area contributed by atoms with Crippen molar-refractivity contribution in [3.63, 3.8) is 0 Å². The number of carbonyl (C=O) groups is 2. The van der Waals surface area contributed by atoms with Gasteiger partial charge in [-0.3, -0.25) is 9.78 Å². The molecule has 4 heteroatoms. The van der Waals surface area contributed by atoms with Crippen molar-refractivity contribution in [2.45, 2.75) is 20.3 Å². The van der Waals surface area contributed by atoms with E-state index in [0.717, 1.165) is 5.56 Å². The van der Waals surface area contributed by atoms with Gasteiger partial charge in [0.1, 0.15) is 0 Å². The third-order valence-electron chi connectivity index (χ3n) is 3.31. The lowest BCUT2D eigenvalue weighted by molar-refractivity contribution is -0.114. The van der Waals surface area contributed by atoms with Gasteiger partial charge in [0.15, 0.2) is 5.78 Å². The van der Waals surface area contributed by atoms with E-state index in [9.17, 15) is 9.59 Å². The number of hydrogen-bond donors (Lipinski definition) is 1. The van der Waals surface area contributed by atoms with Crippen molar-refractivity contribution in [3.05, 3.63) is 70.6 Å². The van der Waals surface area contributed by atoms with Crippen molar-refractivity contribution in [1.82, 2.24) is 4.98 Å². The minimum atomic E-state index is -1.03. The lowest BCUT2D eigenvalue weighted by Crippen LogP contribution is -2.06. The predicted molar refractivity (Wildman–Crippen MR) is 84.7 cm³/mol. The molecule has 0 aliphatic carbocycles. The summed E-state index contributed by atoms with van der Waals surface area (Å²) in [6.45, 7) is 3.78. The number of ketones is 1. The van der Waals surface area contributed by atoms with E-state index in [-0.39, 0.29) is 17.8 Å². The highest BCUT2D eigenvalue weighted by atomic mass is 16.4. The first-order valence-corrected chi connectivity index (χ1v) is 6.92. The Labute approximate surface area is 129 Å². The Morgan fingerprint density at radius 3 is 2.36 bits per heavy atom. The number of hydrogen-bond acceptors (Lipinski definition) is 3. The van der Waals surface area contributed by atoms with Crippen molar-refractivity contribution >= 4 is 17.8 Å². The van der Waals surface area contributed by atoms with Crippen molar-refractivity contribution in [2.24, 2.45) is 0 Å². The molecule has 112 valence electrons. The molecule has 0 atom stereocenters. The molecule has 0 saturated carbocycles. The third-order valence-corrected chi connectivity index (χ3v) is 3.31. The van der Waals surface area contributed by atoms with Gasteiger partial charge in [0, 0.05) is 11.9 Å². The predicted octanol–water partition coefficient (Wildman–Crippen LogP) is 3.30. The molecule has 2 aromatic rings. The van der Waals surface area contributed by atoms with Crippen LogP contribution in [0.3, 0.4) is 0 Å². The quantitative estimate of drug-likeness (QED) is 0.859. The first-order valence-electron chi connectivity index (χ1n) is 6.92. The lowest BCUT2D eigenvalue weighted by atomic mass is 10.0. The Balaban J connectivity index is 2.07. The number of aromatic carboxylic acids is 1. The number of benzene rings is 1.